The van der Waals surface area contributed by atoms with Crippen molar-refractivity contribution in [3.63, 3.8) is 0 Å². The first-order valence-corrected chi connectivity index (χ1v) is 7.98. The third kappa shape index (κ3) is 9.05. The molecule has 1 amide bonds. The Balaban J connectivity index is 0.00000529. The molecule has 24 heavy (non-hydrogen) atoms. The van der Waals surface area contributed by atoms with E-state index in [-0.39, 0.29) is 41.6 Å². The van der Waals surface area contributed by atoms with Gasteiger partial charge in [-0.3, -0.25) is 9.79 Å². The highest BCUT2D eigenvalue weighted by Gasteiger charge is 2.16. The van der Waals surface area contributed by atoms with Crippen molar-refractivity contribution in [3.05, 3.63) is 35.6 Å². The second kappa shape index (κ2) is 12.0. The molecule has 1 atom stereocenters. The maximum atomic E-state index is 12.9. The minimum atomic E-state index is -0.387. The predicted octanol–water partition coefficient (Wildman–Crippen LogP) is 2.30. The smallest absolute Gasteiger partial charge is 0.222 e. The second-order valence-electron chi connectivity index (χ2n) is 5.92. The summed E-state index contributed by atoms with van der Waals surface area (Å²) >= 11 is 0. The van der Waals surface area contributed by atoms with Gasteiger partial charge in [-0.2, -0.15) is 0 Å². The fraction of sp³-hybridized carbons (Fsp3) is 0.529. The molecule has 0 aliphatic carbocycles. The molecule has 1 rings (SSSR count). The van der Waals surface area contributed by atoms with Crippen molar-refractivity contribution in [2.45, 2.75) is 27.2 Å². The van der Waals surface area contributed by atoms with E-state index in [9.17, 15) is 9.18 Å². The number of benzene rings is 1. The molecule has 0 saturated carbocycles. The van der Waals surface area contributed by atoms with E-state index in [0.717, 1.165) is 12.1 Å². The zero-order valence-electron chi connectivity index (χ0n) is 14.5. The molecule has 1 aromatic rings. The lowest BCUT2D eigenvalue weighted by atomic mass is 9.98. The van der Waals surface area contributed by atoms with Crippen LogP contribution in [-0.2, 0) is 11.2 Å². The molecule has 0 aliphatic rings. The summed E-state index contributed by atoms with van der Waals surface area (Å²) in [6, 6.07) is 6.11. The van der Waals surface area contributed by atoms with Crippen LogP contribution in [-0.4, -0.2) is 31.5 Å². The number of carbonyl (C=O) groups excluding carboxylic acids is 1. The Bertz CT molecular complexity index is 520. The second-order valence-corrected chi connectivity index (χ2v) is 5.92. The van der Waals surface area contributed by atoms with E-state index >= 15 is 0 Å². The summed E-state index contributed by atoms with van der Waals surface area (Å²) in [5, 5.41) is 6.29. The van der Waals surface area contributed by atoms with Crippen molar-refractivity contribution in [2.24, 2.45) is 22.6 Å². The largest absolute Gasteiger partial charge is 0.369 e. The van der Waals surface area contributed by atoms with E-state index in [2.05, 4.69) is 29.5 Å². The van der Waals surface area contributed by atoms with Crippen molar-refractivity contribution in [1.82, 2.24) is 10.6 Å². The van der Waals surface area contributed by atoms with Gasteiger partial charge in [0.25, 0.3) is 0 Å². The molecular formula is C17H28FIN4O. The van der Waals surface area contributed by atoms with E-state index in [0.29, 0.717) is 31.4 Å². The molecule has 7 heteroatoms. The molecule has 5 nitrogen and oxygen atoms in total. The van der Waals surface area contributed by atoms with Crippen molar-refractivity contribution < 1.29 is 9.18 Å². The molecule has 4 N–H and O–H groups in total. The molecule has 0 aliphatic heterocycles. The van der Waals surface area contributed by atoms with E-state index in [4.69, 9.17) is 5.73 Å². The van der Waals surface area contributed by atoms with Gasteiger partial charge in [-0.1, -0.05) is 26.0 Å². The predicted molar refractivity (Wildman–Crippen MR) is 107 cm³/mol. The van der Waals surface area contributed by atoms with Crippen LogP contribution in [0.2, 0.25) is 0 Å². The Morgan fingerprint density at radius 3 is 2.38 bits per heavy atom. The third-order valence-corrected chi connectivity index (χ3v) is 3.27. The Morgan fingerprint density at radius 2 is 1.88 bits per heavy atom. The highest BCUT2D eigenvalue weighted by molar-refractivity contribution is 14.0. The zero-order valence-corrected chi connectivity index (χ0v) is 16.8. The Morgan fingerprint density at radius 1 is 1.25 bits per heavy atom. The van der Waals surface area contributed by atoms with Gasteiger partial charge in [-0.15, -0.1) is 24.0 Å². The highest BCUT2D eigenvalue weighted by Crippen LogP contribution is 2.09. The van der Waals surface area contributed by atoms with Crippen LogP contribution in [0.15, 0.2) is 29.3 Å². The van der Waals surface area contributed by atoms with Crippen LogP contribution in [0, 0.1) is 17.7 Å². The third-order valence-electron chi connectivity index (χ3n) is 3.27. The number of nitrogens with one attached hydrogen (secondary N) is 2. The van der Waals surface area contributed by atoms with Gasteiger partial charge in [0.1, 0.15) is 5.82 Å². The summed E-state index contributed by atoms with van der Waals surface area (Å²) < 4.78 is 12.9. The van der Waals surface area contributed by atoms with Crippen LogP contribution >= 0.6 is 24.0 Å². The van der Waals surface area contributed by atoms with Gasteiger partial charge in [0.15, 0.2) is 5.96 Å². The number of hydrogen-bond donors (Lipinski definition) is 3. The molecular weight excluding hydrogens is 422 g/mol. The van der Waals surface area contributed by atoms with Gasteiger partial charge in [-0.05, 0) is 37.0 Å². The number of nitrogens with two attached hydrogens (primary N) is 1. The molecule has 1 aromatic carbocycles. The summed E-state index contributed by atoms with van der Waals surface area (Å²) in [5.41, 5.74) is 6.36. The number of guanidine groups is 1. The summed E-state index contributed by atoms with van der Waals surface area (Å²) in [6.07, 6.45) is 0.464. The lowest BCUT2D eigenvalue weighted by Crippen LogP contribution is -2.43. The molecule has 0 bridgehead atoms. The fourth-order valence-electron chi connectivity index (χ4n) is 2.01. The number of hydrogen-bond acceptors (Lipinski definition) is 2. The van der Waals surface area contributed by atoms with E-state index in [1.54, 1.807) is 12.1 Å². The number of amides is 1. The quantitative estimate of drug-likeness (QED) is 0.323. The summed E-state index contributed by atoms with van der Waals surface area (Å²) in [4.78, 5) is 16.1. The average molecular weight is 450 g/mol. The summed E-state index contributed by atoms with van der Waals surface area (Å²) in [5.74, 6) is 0.0609. The van der Waals surface area contributed by atoms with Gasteiger partial charge < -0.3 is 16.4 Å². The van der Waals surface area contributed by atoms with Crippen molar-refractivity contribution in [1.29, 1.82) is 0 Å². The maximum absolute atomic E-state index is 12.9. The Hall–Kier alpha value is -1.38. The molecule has 1 unspecified atom stereocenters. The maximum Gasteiger partial charge on any atom is 0.222 e. The summed E-state index contributed by atoms with van der Waals surface area (Å²) in [6.45, 7) is 7.99. The van der Waals surface area contributed by atoms with Crippen molar-refractivity contribution in [3.8, 4) is 0 Å². The van der Waals surface area contributed by atoms with Gasteiger partial charge in [0.2, 0.25) is 5.91 Å². The number of halogens is 2. The van der Waals surface area contributed by atoms with Crippen LogP contribution in [0.5, 0.6) is 0 Å². The van der Waals surface area contributed by atoms with Gasteiger partial charge in [0.05, 0.1) is 5.92 Å². The topological polar surface area (TPSA) is 79.5 Å². The minimum Gasteiger partial charge on any atom is -0.369 e. The van der Waals surface area contributed by atoms with E-state index in [1.165, 1.54) is 12.1 Å². The standard InChI is InChI=1S/C17H27FN4O.HI/c1-4-20-17(21-10-12(2)3)22-11-14(16(19)23)9-13-5-7-15(18)8-6-13;/h5-8,12,14H,4,9-11H2,1-3H3,(H2,19,23)(H2,20,21,22);1H. The van der Waals surface area contributed by atoms with E-state index < -0.39 is 0 Å². The molecule has 0 aromatic heterocycles. The van der Waals surface area contributed by atoms with Crippen molar-refractivity contribution >= 4 is 35.8 Å². The molecule has 0 spiro atoms. The molecule has 0 fully saturated rings. The van der Waals surface area contributed by atoms with Crippen LogP contribution in [0.3, 0.4) is 0 Å². The van der Waals surface area contributed by atoms with Crippen LogP contribution < -0.4 is 16.4 Å². The molecule has 0 heterocycles. The lowest BCUT2D eigenvalue weighted by Gasteiger charge is -2.17. The van der Waals surface area contributed by atoms with Gasteiger partial charge in [-0.25, -0.2) is 4.39 Å². The van der Waals surface area contributed by atoms with Gasteiger partial charge in [0, 0.05) is 19.6 Å². The number of primary amides is 1. The highest BCUT2D eigenvalue weighted by atomic mass is 127. The minimum absolute atomic E-state index is 0. The average Bonchev–Trinajstić information content (AvgIpc) is 2.50. The fourth-order valence-corrected chi connectivity index (χ4v) is 2.01. The number of aliphatic imine (C=N–C) groups is 1. The first-order chi connectivity index (χ1) is 10.9. The first kappa shape index (κ1) is 22.6. The van der Waals surface area contributed by atoms with Crippen molar-refractivity contribution in [2.75, 3.05) is 19.6 Å². The summed E-state index contributed by atoms with van der Waals surface area (Å²) in [7, 11) is 0. The number of carbonyl (C=O) groups is 1. The lowest BCUT2D eigenvalue weighted by molar-refractivity contribution is -0.121. The monoisotopic (exact) mass is 450 g/mol. The Kier molecular flexibility index (Phi) is 11.4. The Labute approximate surface area is 160 Å². The first-order valence-electron chi connectivity index (χ1n) is 7.98. The SMILES string of the molecule is CCNC(=NCC(C)C)NCC(Cc1ccc(F)cc1)C(N)=O.I. The van der Waals surface area contributed by atoms with Crippen LogP contribution in [0.25, 0.3) is 0 Å². The molecule has 136 valence electrons. The van der Waals surface area contributed by atoms with Crippen LogP contribution in [0.4, 0.5) is 4.39 Å². The molecule has 0 radical (unpaired) electrons. The number of rotatable bonds is 8. The van der Waals surface area contributed by atoms with Gasteiger partial charge >= 0.3 is 0 Å². The normalized spacial score (nSPS) is 12.5. The zero-order chi connectivity index (χ0) is 17.2. The number of nitrogens with zero attached hydrogens (tertiary/aromatic N) is 1. The van der Waals surface area contributed by atoms with Crippen LogP contribution in [0.1, 0.15) is 26.3 Å². The van der Waals surface area contributed by atoms with E-state index in [1.807, 2.05) is 6.92 Å². The molecule has 0 saturated heterocycles.